The summed E-state index contributed by atoms with van der Waals surface area (Å²) in [6.07, 6.45) is 6.40. The van der Waals surface area contributed by atoms with E-state index in [-0.39, 0.29) is 7.43 Å². The lowest BCUT2D eigenvalue weighted by atomic mass is 10.2. The van der Waals surface area contributed by atoms with Gasteiger partial charge in [0.05, 0.1) is 0 Å². The Labute approximate surface area is 83.0 Å². The van der Waals surface area contributed by atoms with Crippen molar-refractivity contribution in [2.45, 2.75) is 34.6 Å². The summed E-state index contributed by atoms with van der Waals surface area (Å²) in [5, 5.41) is 0. The van der Waals surface area contributed by atoms with E-state index in [1.165, 1.54) is 12.0 Å². The van der Waals surface area contributed by atoms with E-state index >= 15 is 0 Å². The smallest absolute Gasteiger partial charge is 0.0242 e. The number of hydrogen-bond acceptors (Lipinski definition) is 0. The lowest BCUT2D eigenvalue weighted by Crippen LogP contribution is -1.72. The first kappa shape index (κ1) is 14.3. The van der Waals surface area contributed by atoms with Gasteiger partial charge in [-0.1, -0.05) is 51.3 Å². The first-order valence-corrected chi connectivity index (χ1v) is 4.27. The molecule has 0 amide bonds. The van der Waals surface area contributed by atoms with Crippen LogP contribution in [0.4, 0.5) is 0 Å². The van der Waals surface area contributed by atoms with Crippen LogP contribution in [0.5, 0.6) is 0 Å². The second kappa shape index (κ2) is 8.87. The molecule has 1 rings (SSSR count). The largest absolute Gasteiger partial charge is 0.115 e. The summed E-state index contributed by atoms with van der Waals surface area (Å²) in [5.74, 6) is 2.55. The van der Waals surface area contributed by atoms with Gasteiger partial charge in [0.1, 0.15) is 0 Å². The maximum absolute atomic E-state index is 5.15. The third kappa shape index (κ3) is 7.15. The highest BCUT2D eigenvalue weighted by Gasteiger charge is 1.82. The number of terminal acetylenes is 1. The van der Waals surface area contributed by atoms with Gasteiger partial charge in [-0.15, -0.1) is 6.42 Å². The molecule has 0 saturated carbocycles. The van der Waals surface area contributed by atoms with Crippen molar-refractivity contribution >= 4 is 0 Å². The Morgan fingerprint density at radius 1 is 1.15 bits per heavy atom. The van der Waals surface area contributed by atoms with Crippen LogP contribution in [-0.4, -0.2) is 0 Å². The number of rotatable bonds is 0. The van der Waals surface area contributed by atoms with Gasteiger partial charge in [0, 0.05) is 5.56 Å². The van der Waals surface area contributed by atoms with E-state index in [0.29, 0.717) is 0 Å². The Bertz CT molecular complexity index is 236. The van der Waals surface area contributed by atoms with E-state index in [1.54, 1.807) is 0 Å². The monoisotopic (exact) mass is 176 g/mol. The van der Waals surface area contributed by atoms with E-state index in [9.17, 15) is 0 Å². The van der Waals surface area contributed by atoms with Crippen LogP contribution in [0, 0.1) is 19.3 Å². The SMILES string of the molecule is C.C#Cc1ccc(C)cc1.CCC. The molecule has 0 fully saturated rings. The fourth-order valence-corrected chi connectivity index (χ4v) is 0.650. The van der Waals surface area contributed by atoms with Gasteiger partial charge in [0.15, 0.2) is 0 Å². The van der Waals surface area contributed by atoms with Crippen molar-refractivity contribution < 1.29 is 0 Å². The molecule has 0 N–H and O–H groups in total. The van der Waals surface area contributed by atoms with Gasteiger partial charge in [-0.25, -0.2) is 0 Å². The Morgan fingerprint density at radius 3 is 1.85 bits per heavy atom. The second-order valence-electron chi connectivity index (χ2n) is 2.72. The molecule has 0 aliphatic heterocycles. The molecule has 1 aromatic rings. The van der Waals surface area contributed by atoms with Gasteiger partial charge >= 0.3 is 0 Å². The Morgan fingerprint density at radius 2 is 1.54 bits per heavy atom. The Kier molecular flexibility index (Phi) is 9.77. The van der Waals surface area contributed by atoms with Gasteiger partial charge in [0.2, 0.25) is 0 Å². The number of aryl methyl sites for hydroxylation is 1. The first-order chi connectivity index (χ1) is 5.74. The zero-order chi connectivity index (χ0) is 9.40. The van der Waals surface area contributed by atoms with E-state index in [2.05, 4.69) is 19.8 Å². The molecule has 0 heterocycles. The minimum Gasteiger partial charge on any atom is -0.115 e. The Balaban J connectivity index is 0. The maximum atomic E-state index is 5.15. The molecule has 0 unspecified atom stereocenters. The molecule has 1 aromatic carbocycles. The van der Waals surface area contributed by atoms with Crippen molar-refractivity contribution in [1.29, 1.82) is 0 Å². The highest BCUT2D eigenvalue weighted by Crippen LogP contribution is 1.99. The Hall–Kier alpha value is -1.22. The normalized spacial score (nSPS) is 7.23. The van der Waals surface area contributed by atoms with Crippen LogP contribution < -0.4 is 0 Å². The highest BCUT2D eigenvalue weighted by molar-refractivity contribution is 5.33. The summed E-state index contributed by atoms with van der Waals surface area (Å²) < 4.78 is 0. The van der Waals surface area contributed by atoms with Crippen LogP contribution in [0.15, 0.2) is 24.3 Å². The molecule has 0 aromatic heterocycles. The van der Waals surface area contributed by atoms with Gasteiger partial charge < -0.3 is 0 Å². The van der Waals surface area contributed by atoms with Crippen molar-refractivity contribution in [3.05, 3.63) is 35.4 Å². The molecule has 0 heteroatoms. The molecule has 0 bridgehead atoms. The molecular formula is C13H20. The van der Waals surface area contributed by atoms with Gasteiger partial charge in [-0.05, 0) is 19.1 Å². The fourth-order valence-electron chi connectivity index (χ4n) is 0.650. The van der Waals surface area contributed by atoms with Crippen LogP contribution in [0.25, 0.3) is 0 Å². The minimum absolute atomic E-state index is 0. The topological polar surface area (TPSA) is 0 Å². The van der Waals surface area contributed by atoms with Crippen molar-refractivity contribution in [2.75, 3.05) is 0 Å². The van der Waals surface area contributed by atoms with Crippen molar-refractivity contribution in [3.8, 4) is 12.3 Å². The van der Waals surface area contributed by atoms with Crippen molar-refractivity contribution in [2.24, 2.45) is 0 Å². The third-order valence-corrected chi connectivity index (χ3v) is 1.22. The average molecular weight is 176 g/mol. The summed E-state index contributed by atoms with van der Waals surface area (Å²) >= 11 is 0. The minimum atomic E-state index is 0. The molecular weight excluding hydrogens is 156 g/mol. The third-order valence-electron chi connectivity index (χ3n) is 1.22. The molecule has 72 valence electrons. The molecule has 0 spiro atoms. The first-order valence-electron chi connectivity index (χ1n) is 4.27. The zero-order valence-electron chi connectivity index (χ0n) is 8.09. The molecule has 0 atom stereocenters. The highest BCUT2D eigenvalue weighted by atomic mass is 13.9. The maximum Gasteiger partial charge on any atom is 0.0242 e. The van der Waals surface area contributed by atoms with E-state index in [1.807, 2.05) is 31.2 Å². The summed E-state index contributed by atoms with van der Waals surface area (Å²) in [6, 6.07) is 7.90. The zero-order valence-corrected chi connectivity index (χ0v) is 8.09. The van der Waals surface area contributed by atoms with E-state index in [0.717, 1.165) is 5.56 Å². The quantitative estimate of drug-likeness (QED) is 0.523. The van der Waals surface area contributed by atoms with Crippen LogP contribution in [0.3, 0.4) is 0 Å². The van der Waals surface area contributed by atoms with E-state index in [4.69, 9.17) is 6.42 Å². The summed E-state index contributed by atoms with van der Waals surface area (Å²) in [7, 11) is 0. The summed E-state index contributed by atoms with van der Waals surface area (Å²) in [4.78, 5) is 0. The molecule has 13 heavy (non-hydrogen) atoms. The number of benzene rings is 1. The van der Waals surface area contributed by atoms with Crippen LogP contribution in [0.1, 0.15) is 38.8 Å². The van der Waals surface area contributed by atoms with Crippen molar-refractivity contribution in [3.63, 3.8) is 0 Å². The van der Waals surface area contributed by atoms with Gasteiger partial charge in [0.25, 0.3) is 0 Å². The lowest BCUT2D eigenvalue weighted by molar-refractivity contribution is 1.09. The molecule has 0 aliphatic rings. The lowest BCUT2D eigenvalue weighted by Gasteiger charge is -1.89. The molecule has 0 aliphatic carbocycles. The predicted octanol–water partition coefficient (Wildman–Crippen LogP) is 4.03. The molecule has 0 saturated heterocycles. The standard InChI is InChI=1S/C9H8.C3H8.CH4/c1-3-9-6-4-8(2)5-7-9;1-3-2;/h1,4-7H,2H3;3H2,1-2H3;1H4. The molecule has 0 radical (unpaired) electrons. The molecule has 0 nitrogen and oxygen atoms in total. The van der Waals surface area contributed by atoms with Crippen LogP contribution in [-0.2, 0) is 0 Å². The van der Waals surface area contributed by atoms with Crippen molar-refractivity contribution in [1.82, 2.24) is 0 Å². The van der Waals surface area contributed by atoms with Crippen LogP contribution in [0.2, 0.25) is 0 Å². The number of hydrogen-bond donors (Lipinski definition) is 0. The predicted molar refractivity (Wildman–Crippen MR) is 61.8 cm³/mol. The van der Waals surface area contributed by atoms with Crippen LogP contribution >= 0.6 is 0 Å². The summed E-state index contributed by atoms with van der Waals surface area (Å²) in [6.45, 7) is 6.29. The van der Waals surface area contributed by atoms with E-state index < -0.39 is 0 Å². The van der Waals surface area contributed by atoms with Gasteiger partial charge in [-0.2, -0.15) is 0 Å². The summed E-state index contributed by atoms with van der Waals surface area (Å²) in [5.41, 5.74) is 2.19. The van der Waals surface area contributed by atoms with Gasteiger partial charge in [-0.3, -0.25) is 0 Å². The average Bonchev–Trinajstić information content (AvgIpc) is 2.07. The second-order valence-corrected chi connectivity index (χ2v) is 2.72. The fraction of sp³-hybridized carbons (Fsp3) is 0.385.